The molecule has 0 amide bonds. The molecule has 0 aliphatic carbocycles. The van der Waals surface area contributed by atoms with Crippen molar-refractivity contribution in [2.24, 2.45) is 0 Å². The van der Waals surface area contributed by atoms with Gasteiger partial charge in [0, 0.05) is 25.1 Å². The molecule has 1 aromatic rings. The van der Waals surface area contributed by atoms with E-state index >= 15 is 0 Å². The number of nitrogens with zero attached hydrogens (tertiary/aromatic N) is 2. The molecule has 0 bridgehead atoms. The summed E-state index contributed by atoms with van der Waals surface area (Å²) in [6, 6.07) is 0. The quantitative estimate of drug-likeness (QED) is 0.438. The summed E-state index contributed by atoms with van der Waals surface area (Å²) in [7, 11) is -3.03. The number of ether oxygens (including phenoxy) is 1. The van der Waals surface area contributed by atoms with E-state index in [0.29, 0.717) is 31.1 Å². The van der Waals surface area contributed by atoms with Crippen molar-refractivity contribution in [1.29, 1.82) is 0 Å². The van der Waals surface area contributed by atoms with Crippen molar-refractivity contribution in [3.8, 4) is 0 Å². The van der Waals surface area contributed by atoms with E-state index in [4.69, 9.17) is 10.5 Å². The zero-order valence-corrected chi connectivity index (χ0v) is 16.6. The van der Waals surface area contributed by atoms with Crippen molar-refractivity contribution in [3.63, 3.8) is 0 Å². The van der Waals surface area contributed by atoms with Crippen LogP contribution in [0.1, 0.15) is 24.6 Å². The second kappa shape index (κ2) is 7.95. The Morgan fingerprint density at radius 2 is 2.12 bits per heavy atom. The Morgan fingerprint density at radius 1 is 1.42 bits per heavy atom. The van der Waals surface area contributed by atoms with Gasteiger partial charge in [-0.1, -0.05) is 0 Å². The lowest BCUT2D eigenvalue weighted by Crippen LogP contribution is -2.62. The van der Waals surface area contributed by atoms with Gasteiger partial charge in [-0.3, -0.25) is 5.01 Å². The topological polar surface area (TPSA) is 130 Å². The number of fused-ring (bicyclic) bond motifs is 1. The molecule has 2 rings (SSSR count). The van der Waals surface area contributed by atoms with Gasteiger partial charge in [0.25, 0.3) is 0 Å². The van der Waals surface area contributed by atoms with E-state index < -0.39 is 15.5 Å². The fourth-order valence-corrected chi connectivity index (χ4v) is 3.66. The van der Waals surface area contributed by atoms with Crippen LogP contribution in [0.2, 0.25) is 0 Å². The minimum atomic E-state index is -3.03. The van der Waals surface area contributed by atoms with Crippen molar-refractivity contribution in [1.82, 2.24) is 10.4 Å². The summed E-state index contributed by atoms with van der Waals surface area (Å²) in [4.78, 5) is 4.35. The number of aryl methyl sites for hydroxylation is 1. The third-order valence-electron chi connectivity index (χ3n) is 4.46. The number of nitrogens with two attached hydrogens (primary N) is 1. The summed E-state index contributed by atoms with van der Waals surface area (Å²) >= 11 is 0. The number of aliphatic hydroxyl groups excluding tert-OH is 1. The molecule has 0 spiro atoms. The molecule has 1 aliphatic heterocycles. The lowest BCUT2D eigenvalue weighted by molar-refractivity contribution is 0.0677. The van der Waals surface area contributed by atoms with Crippen LogP contribution in [0.15, 0.2) is 0 Å². The molecule has 0 aromatic carbocycles. The molecule has 1 atom stereocenters. The first-order valence-electron chi connectivity index (χ1n) is 8.60. The maximum absolute atomic E-state index is 11.4. The zero-order chi connectivity index (χ0) is 19.5. The van der Waals surface area contributed by atoms with E-state index in [1.807, 2.05) is 20.8 Å². The van der Waals surface area contributed by atoms with Crippen molar-refractivity contribution in [2.75, 3.05) is 54.4 Å². The lowest BCUT2D eigenvalue weighted by atomic mass is 10.1. The van der Waals surface area contributed by atoms with Gasteiger partial charge in [-0.15, -0.1) is 0 Å². The largest absolute Gasteiger partial charge is 0.392 e. The molecule has 10 heteroatoms. The Kier molecular flexibility index (Phi) is 6.33. The fourth-order valence-electron chi connectivity index (χ4n) is 2.99. The fraction of sp³-hybridized carbons (Fsp3) is 0.688. The molecule has 0 saturated carbocycles. The second-order valence-corrected chi connectivity index (χ2v) is 8.87. The third-order valence-corrected chi connectivity index (χ3v) is 5.49. The van der Waals surface area contributed by atoms with Crippen LogP contribution in [0.3, 0.4) is 0 Å². The highest BCUT2D eigenvalue weighted by Crippen LogP contribution is 2.44. The Labute approximate surface area is 154 Å². The van der Waals surface area contributed by atoms with Crippen molar-refractivity contribution in [2.45, 2.75) is 32.9 Å². The second-order valence-electron chi connectivity index (χ2n) is 6.61. The van der Waals surface area contributed by atoms with Crippen LogP contribution in [-0.2, 0) is 14.6 Å². The number of nitrogen functional groups attached to an aromatic ring is 1. The predicted octanol–water partition coefficient (Wildman–Crippen LogP) is 0.177. The van der Waals surface area contributed by atoms with Crippen LogP contribution in [0.5, 0.6) is 0 Å². The predicted molar refractivity (Wildman–Crippen MR) is 103 cm³/mol. The molecule has 5 N–H and O–H groups in total. The Morgan fingerprint density at radius 3 is 2.69 bits per heavy atom. The molecule has 26 heavy (non-hydrogen) atoms. The van der Waals surface area contributed by atoms with Crippen LogP contribution < -0.4 is 21.5 Å². The van der Waals surface area contributed by atoms with E-state index in [0.717, 1.165) is 16.9 Å². The van der Waals surface area contributed by atoms with E-state index in [1.54, 1.807) is 5.01 Å². The summed E-state index contributed by atoms with van der Waals surface area (Å²) in [5, 5.41) is 15.2. The lowest BCUT2D eigenvalue weighted by Gasteiger charge is -2.38. The number of hydrogen-bond donors (Lipinski definition) is 4. The molecule has 9 nitrogen and oxygen atoms in total. The van der Waals surface area contributed by atoms with Gasteiger partial charge < -0.3 is 20.9 Å². The van der Waals surface area contributed by atoms with Gasteiger partial charge in [0.1, 0.15) is 21.3 Å². The van der Waals surface area contributed by atoms with Gasteiger partial charge in [-0.2, -0.15) is 0 Å². The first kappa shape index (κ1) is 20.7. The average molecular weight is 388 g/mol. The highest BCUT2D eigenvalue weighted by atomic mass is 32.2. The number of sulfone groups is 1. The van der Waals surface area contributed by atoms with Crippen molar-refractivity contribution < 1.29 is 18.3 Å². The molecule has 148 valence electrons. The van der Waals surface area contributed by atoms with Crippen LogP contribution in [0.25, 0.3) is 0 Å². The summed E-state index contributed by atoms with van der Waals surface area (Å²) in [5.74, 6) is 0.431. The van der Waals surface area contributed by atoms with Gasteiger partial charge in [-0.25, -0.2) is 18.8 Å². The number of hydrazine groups is 1. The van der Waals surface area contributed by atoms with Gasteiger partial charge in [0.05, 0.1) is 24.7 Å². The first-order valence-corrected chi connectivity index (χ1v) is 10.7. The number of hydrogen-bond acceptors (Lipinski definition) is 9. The Hall–Kier alpha value is -1.62. The normalized spacial score (nSPS) is 19.5. The highest BCUT2D eigenvalue weighted by Gasteiger charge is 2.46. The van der Waals surface area contributed by atoms with Crippen LogP contribution in [0.4, 0.5) is 17.2 Å². The molecular formula is C16H29N5O4S. The molecule has 0 saturated heterocycles. The molecule has 1 aromatic heterocycles. The van der Waals surface area contributed by atoms with Gasteiger partial charge >= 0.3 is 0 Å². The number of rotatable bonds is 9. The standard InChI is InChI=1S/C16H29N5O4S/c1-5-25-10-16(9-22)20-13-14(11(2)12(3)19-15(13)17)21(16)18-7-6-8-26(4,23)24/h18,20,22H,5-10H2,1-4H3,(H2,17,19). The molecular weight excluding hydrogens is 358 g/mol. The minimum Gasteiger partial charge on any atom is -0.392 e. The van der Waals surface area contributed by atoms with Crippen molar-refractivity contribution in [3.05, 3.63) is 11.3 Å². The SMILES string of the molecule is CCOCC1(CO)Nc2c(N)nc(C)c(C)c2N1NCCCS(C)(=O)=O. The molecule has 0 radical (unpaired) electrons. The number of pyridine rings is 1. The molecule has 1 unspecified atom stereocenters. The maximum Gasteiger partial charge on any atom is 0.172 e. The molecule has 1 aliphatic rings. The number of nitrogens with one attached hydrogen (secondary N) is 2. The van der Waals surface area contributed by atoms with E-state index in [1.165, 1.54) is 6.26 Å². The number of aliphatic hydroxyl groups is 1. The Bertz CT molecular complexity index is 755. The third kappa shape index (κ3) is 4.20. The summed E-state index contributed by atoms with van der Waals surface area (Å²) < 4.78 is 28.3. The first-order chi connectivity index (χ1) is 12.1. The molecule has 0 fully saturated rings. The summed E-state index contributed by atoms with van der Waals surface area (Å²) in [6.45, 7) is 6.57. The summed E-state index contributed by atoms with van der Waals surface area (Å²) in [6.07, 6.45) is 1.66. The van der Waals surface area contributed by atoms with Crippen LogP contribution >= 0.6 is 0 Å². The maximum atomic E-state index is 11.4. The van der Waals surface area contributed by atoms with Gasteiger partial charge in [0.2, 0.25) is 0 Å². The summed E-state index contributed by atoms with van der Waals surface area (Å²) in [5.41, 5.74) is 11.5. The average Bonchev–Trinajstić information content (AvgIpc) is 2.89. The monoisotopic (exact) mass is 387 g/mol. The number of aromatic nitrogens is 1. The molecule has 2 heterocycles. The van der Waals surface area contributed by atoms with Crippen molar-refractivity contribution >= 4 is 27.0 Å². The highest BCUT2D eigenvalue weighted by molar-refractivity contribution is 7.90. The number of anilines is 3. The van der Waals surface area contributed by atoms with Gasteiger partial charge in [-0.05, 0) is 32.8 Å². The van der Waals surface area contributed by atoms with E-state index in [2.05, 4.69) is 15.7 Å². The Balaban J connectivity index is 2.34. The van der Waals surface area contributed by atoms with Crippen LogP contribution in [0, 0.1) is 13.8 Å². The zero-order valence-electron chi connectivity index (χ0n) is 15.8. The van der Waals surface area contributed by atoms with E-state index in [-0.39, 0.29) is 19.0 Å². The van der Waals surface area contributed by atoms with E-state index in [9.17, 15) is 13.5 Å². The minimum absolute atomic E-state index is 0.0855. The van der Waals surface area contributed by atoms with Crippen LogP contribution in [-0.4, -0.2) is 62.5 Å². The van der Waals surface area contributed by atoms with Gasteiger partial charge in [0.15, 0.2) is 5.66 Å². The smallest absolute Gasteiger partial charge is 0.172 e.